The molecule has 0 aliphatic carbocycles. The van der Waals surface area contributed by atoms with E-state index in [0.717, 1.165) is 18.1 Å². The summed E-state index contributed by atoms with van der Waals surface area (Å²) in [4.78, 5) is 2.07. The van der Waals surface area contributed by atoms with Crippen LogP contribution in [0.15, 0.2) is 24.3 Å². The summed E-state index contributed by atoms with van der Waals surface area (Å²) in [5.41, 5.74) is -0.0534. The van der Waals surface area contributed by atoms with Crippen molar-refractivity contribution in [1.29, 1.82) is 0 Å². The van der Waals surface area contributed by atoms with Crippen molar-refractivity contribution >= 4 is 10.0 Å². The van der Waals surface area contributed by atoms with Gasteiger partial charge in [-0.2, -0.15) is 13.2 Å². The van der Waals surface area contributed by atoms with Crippen LogP contribution in [0.5, 0.6) is 0 Å². The molecule has 0 bridgehead atoms. The molecule has 0 saturated heterocycles. The summed E-state index contributed by atoms with van der Waals surface area (Å²) in [5, 5.41) is 8.48. The molecular weight excluding hydrogens is 419 g/mol. The maximum absolute atomic E-state index is 13.0. The molecule has 2 heterocycles. The highest BCUT2D eigenvalue weighted by molar-refractivity contribution is 7.88. The maximum atomic E-state index is 13.0. The van der Waals surface area contributed by atoms with Gasteiger partial charge in [-0.15, -0.1) is 10.2 Å². The van der Waals surface area contributed by atoms with E-state index in [0.29, 0.717) is 44.0 Å². The topological polar surface area (TPSA) is 80.1 Å². The molecule has 1 aromatic carbocycles. The maximum Gasteiger partial charge on any atom is 0.416 e. The van der Waals surface area contributed by atoms with Crippen molar-refractivity contribution in [1.82, 2.24) is 24.4 Å². The van der Waals surface area contributed by atoms with E-state index in [2.05, 4.69) is 19.8 Å². The molecule has 1 aliphatic heterocycles. The number of benzene rings is 1. The van der Waals surface area contributed by atoms with E-state index in [1.165, 1.54) is 12.1 Å². The van der Waals surface area contributed by atoms with E-state index in [1.807, 2.05) is 18.4 Å². The minimum Gasteiger partial charge on any atom is -0.312 e. The van der Waals surface area contributed by atoms with E-state index >= 15 is 0 Å². The first-order chi connectivity index (χ1) is 13.9. The molecule has 0 spiro atoms. The molecule has 7 nitrogen and oxygen atoms in total. The normalized spacial score (nSPS) is 17.0. The summed E-state index contributed by atoms with van der Waals surface area (Å²) in [7, 11) is -3.43. The first kappa shape index (κ1) is 22.7. The number of sulfonamides is 1. The number of fused-ring (bicyclic) bond motifs is 1. The van der Waals surface area contributed by atoms with E-state index in [4.69, 9.17) is 0 Å². The van der Waals surface area contributed by atoms with E-state index in [-0.39, 0.29) is 5.92 Å². The third-order valence-electron chi connectivity index (χ3n) is 5.09. The minimum absolute atomic E-state index is 0.0301. The van der Waals surface area contributed by atoms with Gasteiger partial charge in [0, 0.05) is 32.6 Å². The summed E-state index contributed by atoms with van der Waals surface area (Å²) >= 11 is 0. The second-order valence-electron chi connectivity index (χ2n) is 7.96. The Morgan fingerprint density at radius 1 is 1.17 bits per heavy atom. The summed E-state index contributed by atoms with van der Waals surface area (Å²) in [5.74, 6) is 1.28. The first-order valence-electron chi connectivity index (χ1n) is 9.72. The highest BCUT2D eigenvalue weighted by Gasteiger charge is 2.31. The molecule has 0 amide bonds. The third kappa shape index (κ3) is 5.58. The van der Waals surface area contributed by atoms with Crippen molar-refractivity contribution in [2.45, 2.75) is 45.6 Å². The van der Waals surface area contributed by atoms with E-state index in [1.54, 1.807) is 6.07 Å². The molecule has 1 aromatic heterocycles. The molecule has 1 aliphatic rings. The van der Waals surface area contributed by atoms with Crippen molar-refractivity contribution in [2.24, 2.45) is 5.92 Å². The van der Waals surface area contributed by atoms with Gasteiger partial charge in [0.2, 0.25) is 10.0 Å². The Balaban J connectivity index is 1.75. The third-order valence-corrected chi connectivity index (χ3v) is 5.78. The molecule has 0 unspecified atom stereocenters. The quantitative estimate of drug-likeness (QED) is 0.740. The fraction of sp³-hybridized carbons (Fsp3) is 0.579. The molecule has 0 saturated carbocycles. The Hall–Kier alpha value is -1.98. The lowest BCUT2D eigenvalue weighted by molar-refractivity contribution is -0.137. The molecule has 1 N–H and O–H groups in total. The Bertz CT molecular complexity index is 988. The van der Waals surface area contributed by atoms with Gasteiger partial charge in [-0.1, -0.05) is 32.0 Å². The molecule has 11 heteroatoms. The Morgan fingerprint density at radius 3 is 2.53 bits per heavy atom. The van der Waals surface area contributed by atoms with Gasteiger partial charge in [0.1, 0.15) is 5.82 Å². The van der Waals surface area contributed by atoms with Gasteiger partial charge in [-0.3, -0.25) is 4.90 Å². The number of rotatable bonds is 6. The standard InChI is InChI=1S/C19H26F3N5O2S/c1-13(2)17(25-30(3,28)29)18-24-23-16-7-8-26(9-10-27(16)18)12-14-5-4-6-15(11-14)19(20,21)22/h4-6,11,13,17,25H,7-10,12H2,1-3H3/t17-/m0/s1. The van der Waals surface area contributed by atoms with Gasteiger partial charge in [-0.25, -0.2) is 13.1 Å². The Morgan fingerprint density at radius 2 is 1.90 bits per heavy atom. The van der Waals surface area contributed by atoms with Crippen molar-refractivity contribution in [2.75, 3.05) is 19.3 Å². The lowest BCUT2D eigenvalue weighted by atomic mass is 10.1. The summed E-state index contributed by atoms with van der Waals surface area (Å²) in [6, 6.07) is 4.86. The highest BCUT2D eigenvalue weighted by atomic mass is 32.2. The zero-order chi connectivity index (χ0) is 22.1. The van der Waals surface area contributed by atoms with Crippen molar-refractivity contribution in [3.63, 3.8) is 0 Å². The lowest BCUT2D eigenvalue weighted by Gasteiger charge is -2.23. The van der Waals surface area contributed by atoms with Gasteiger partial charge >= 0.3 is 6.18 Å². The fourth-order valence-corrected chi connectivity index (χ4v) is 4.44. The van der Waals surface area contributed by atoms with Gasteiger partial charge in [0.05, 0.1) is 17.9 Å². The van der Waals surface area contributed by atoms with Gasteiger partial charge in [-0.05, 0) is 17.5 Å². The minimum atomic E-state index is -4.36. The predicted octanol–water partition coefficient (Wildman–Crippen LogP) is 2.60. The van der Waals surface area contributed by atoms with Crippen LogP contribution >= 0.6 is 0 Å². The van der Waals surface area contributed by atoms with Crippen LogP contribution in [-0.4, -0.2) is 47.4 Å². The number of halogens is 3. The number of alkyl halides is 3. The Kier molecular flexibility index (Phi) is 6.54. The second-order valence-corrected chi connectivity index (χ2v) is 9.74. The average Bonchev–Trinajstić information content (AvgIpc) is 2.92. The SMILES string of the molecule is CC(C)[C@H](NS(C)(=O)=O)c1nnc2n1CCN(Cc1cccc(C(F)(F)F)c1)CC2. The van der Waals surface area contributed by atoms with Crippen LogP contribution in [0.3, 0.4) is 0 Å². The largest absolute Gasteiger partial charge is 0.416 e. The predicted molar refractivity (Wildman–Crippen MR) is 106 cm³/mol. The van der Waals surface area contributed by atoms with Crippen LogP contribution in [0.4, 0.5) is 13.2 Å². The number of nitrogens with one attached hydrogen (secondary N) is 1. The molecule has 1 atom stereocenters. The molecule has 166 valence electrons. The number of hydrogen-bond donors (Lipinski definition) is 1. The molecule has 3 rings (SSSR count). The first-order valence-corrected chi connectivity index (χ1v) is 11.6. The van der Waals surface area contributed by atoms with Gasteiger partial charge in [0.25, 0.3) is 0 Å². The van der Waals surface area contributed by atoms with Crippen LogP contribution in [-0.2, 0) is 35.7 Å². The summed E-state index contributed by atoms with van der Waals surface area (Å²) in [6.45, 7) is 5.96. The molecule has 30 heavy (non-hydrogen) atoms. The lowest BCUT2D eigenvalue weighted by Crippen LogP contribution is -2.33. The number of hydrogen-bond acceptors (Lipinski definition) is 5. The number of aromatic nitrogens is 3. The smallest absolute Gasteiger partial charge is 0.312 e. The molecule has 2 aromatic rings. The van der Waals surface area contributed by atoms with Crippen LogP contribution < -0.4 is 4.72 Å². The molecule has 0 radical (unpaired) electrons. The highest BCUT2D eigenvalue weighted by Crippen LogP contribution is 2.30. The fourth-order valence-electron chi connectivity index (χ4n) is 3.60. The van der Waals surface area contributed by atoms with Crippen LogP contribution in [0.25, 0.3) is 0 Å². The zero-order valence-corrected chi connectivity index (χ0v) is 18.0. The van der Waals surface area contributed by atoms with E-state index < -0.39 is 27.8 Å². The monoisotopic (exact) mass is 445 g/mol. The zero-order valence-electron chi connectivity index (χ0n) is 17.1. The van der Waals surface area contributed by atoms with Gasteiger partial charge in [0.15, 0.2) is 5.82 Å². The van der Waals surface area contributed by atoms with Crippen LogP contribution in [0, 0.1) is 5.92 Å². The molecule has 0 fully saturated rings. The second kappa shape index (κ2) is 8.64. The molecular formula is C19H26F3N5O2S. The van der Waals surface area contributed by atoms with E-state index in [9.17, 15) is 21.6 Å². The van der Waals surface area contributed by atoms with Crippen molar-refractivity contribution < 1.29 is 21.6 Å². The Labute approximate surface area is 174 Å². The number of nitrogens with zero attached hydrogens (tertiary/aromatic N) is 4. The summed E-state index contributed by atoms with van der Waals surface area (Å²) in [6.07, 6.45) is -2.68. The van der Waals surface area contributed by atoms with Crippen LogP contribution in [0.1, 0.15) is 42.7 Å². The summed E-state index contributed by atoms with van der Waals surface area (Å²) < 4.78 is 67.0. The van der Waals surface area contributed by atoms with Crippen molar-refractivity contribution in [3.05, 3.63) is 47.0 Å². The van der Waals surface area contributed by atoms with Gasteiger partial charge < -0.3 is 4.57 Å². The average molecular weight is 446 g/mol. The van der Waals surface area contributed by atoms with Crippen LogP contribution in [0.2, 0.25) is 0 Å². The van der Waals surface area contributed by atoms with Crippen molar-refractivity contribution in [3.8, 4) is 0 Å².